The van der Waals surface area contributed by atoms with Crippen molar-refractivity contribution in [2.45, 2.75) is 71.4 Å². The number of hydrogen-bond donors (Lipinski definition) is 1. The molecule has 0 saturated heterocycles. The molecule has 1 saturated carbocycles. The first-order valence-electron chi connectivity index (χ1n) is 11.5. The van der Waals surface area contributed by atoms with Crippen molar-refractivity contribution in [2.75, 3.05) is 10.2 Å². The molecule has 1 heterocycles. The quantitative estimate of drug-likeness (QED) is 0.661. The zero-order valence-corrected chi connectivity index (χ0v) is 18.5. The second kappa shape index (κ2) is 9.54. The number of aryl methyl sites for hydroxylation is 1. The van der Waals surface area contributed by atoms with Crippen LogP contribution in [0.2, 0.25) is 0 Å². The molecule has 0 radical (unpaired) electrons. The summed E-state index contributed by atoms with van der Waals surface area (Å²) in [6.07, 6.45) is 7.37. The Morgan fingerprint density at radius 3 is 2.58 bits per heavy atom. The molecule has 31 heavy (non-hydrogen) atoms. The number of rotatable bonds is 6. The summed E-state index contributed by atoms with van der Waals surface area (Å²) in [6.45, 7) is 4.29. The summed E-state index contributed by atoms with van der Waals surface area (Å²) in [7, 11) is 0. The van der Waals surface area contributed by atoms with E-state index >= 15 is 0 Å². The van der Waals surface area contributed by atoms with Crippen molar-refractivity contribution < 1.29 is 14.3 Å². The van der Waals surface area contributed by atoms with Gasteiger partial charge < -0.3 is 15.0 Å². The van der Waals surface area contributed by atoms with Crippen LogP contribution in [0, 0.1) is 12.8 Å². The zero-order valence-electron chi connectivity index (χ0n) is 18.5. The van der Waals surface area contributed by atoms with Crippen LogP contribution in [0.15, 0.2) is 42.5 Å². The van der Waals surface area contributed by atoms with E-state index in [0.717, 1.165) is 12.0 Å². The first kappa shape index (κ1) is 21.4. The minimum atomic E-state index is -0.533. The Kier molecular flexibility index (Phi) is 6.59. The normalized spacial score (nSPS) is 19.0. The Balaban J connectivity index is 1.47. The Morgan fingerprint density at radius 1 is 1.10 bits per heavy atom. The van der Waals surface area contributed by atoms with E-state index in [9.17, 15) is 9.59 Å². The molecule has 4 rings (SSSR count). The van der Waals surface area contributed by atoms with Crippen LogP contribution in [0.5, 0.6) is 5.75 Å². The number of carbonyl (C=O) groups excluding carboxylic acids is 2. The topological polar surface area (TPSA) is 58.6 Å². The molecule has 5 nitrogen and oxygen atoms in total. The predicted molar refractivity (Wildman–Crippen MR) is 123 cm³/mol. The molecule has 2 amide bonds. The van der Waals surface area contributed by atoms with Crippen LogP contribution >= 0.6 is 0 Å². The molecule has 1 atom stereocenters. The van der Waals surface area contributed by atoms with E-state index in [1.807, 2.05) is 49.4 Å². The van der Waals surface area contributed by atoms with E-state index in [1.165, 1.54) is 37.7 Å². The van der Waals surface area contributed by atoms with Crippen molar-refractivity contribution in [1.29, 1.82) is 0 Å². The molecule has 2 aromatic rings. The summed E-state index contributed by atoms with van der Waals surface area (Å²) >= 11 is 0. The number of hydrogen-bond acceptors (Lipinski definition) is 3. The molecular weight excluding hydrogens is 388 g/mol. The van der Waals surface area contributed by atoms with Crippen LogP contribution in [-0.4, -0.2) is 17.9 Å². The smallest absolute Gasteiger partial charge is 0.268 e. The van der Waals surface area contributed by atoms with E-state index in [1.54, 1.807) is 11.8 Å². The number of carbonyl (C=O) groups is 2. The standard InChI is InChI=1S/C26H32N2O3/c1-18-8-10-21(11-9-18)17-28-23-16-22(13-14-24(23)31-19(2)26(28)30)27-25(29)15-12-20-6-4-3-5-7-20/h8-11,13-14,16,19-20H,3-7,12,15,17H2,1-2H3,(H,27,29). The van der Waals surface area contributed by atoms with Gasteiger partial charge in [0.15, 0.2) is 6.10 Å². The fourth-order valence-electron chi connectivity index (χ4n) is 4.56. The average Bonchev–Trinajstić information content (AvgIpc) is 2.78. The third kappa shape index (κ3) is 5.27. The summed E-state index contributed by atoms with van der Waals surface area (Å²) in [5.74, 6) is 1.31. The van der Waals surface area contributed by atoms with Crippen LogP contribution in [0.4, 0.5) is 11.4 Å². The van der Waals surface area contributed by atoms with E-state index in [2.05, 4.69) is 5.32 Å². The Bertz CT molecular complexity index is 932. The first-order chi connectivity index (χ1) is 15.0. The number of amides is 2. The average molecular weight is 421 g/mol. The monoisotopic (exact) mass is 420 g/mol. The third-order valence-electron chi connectivity index (χ3n) is 6.42. The zero-order chi connectivity index (χ0) is 21.8. The maximum absolute atomic E-state index is 12.9. The summed E-state index contributed by atoms with van der Waals surface area (Å²) in [5.41, 5.74) is 3.64. The molecule has 2 aromatic carbocycles. The summed E-state index contributed by atoms with van der Waals surface area (Å²) < 4.78 is 5.81. The number of anilines is 2. The highest BCUT2D eigenvalue weighted by molar-refractivity contribution is 6.01. The fourth-order valence-corrected chi connectivity index (χ4v) is 4.56. The van der Waals surface area contributed by atoms with Gasteiger partial charge in [-0.15, -0.1) is 0 Å². The second-order valence-corrected chi connectivity index (χ2v) is 8.94. The molecule has 0 aromatic heterocycles. The van der Waals surface area contributed by atoms with E-state index in [0.29, 0.717) is 36.0 Å². The van der Waals surface area contributed by atoms with Crippen LogP contribution in [0.25, 0.3) is 0 Å². The Morgan fingerprint density at radius 2 is 1.84 bits per heavy atom. The van der Waals surface area contributed by atoms with Crippen LogP contribution in [0.3, 0.4) is 0 Å². The molecule has 5 heteroatoms. The van der Waals surface area contributed by atoms with Crippen molar-refractivity contribution in [3.63, 3.8) is 0 Å². The molecule has 1 unspecified atom stereocenters. The van der Waals surface area contributed by atoms with E-state index in [4.69, 9.17) is 4.74 Å². The summed E-state index contributed by atoms with van der Waals surface area (Å²) in [4.78, 5) is 27.2. The minimum absolute atomic E-state index is 0.0343. The van der Waals surface area contributed by atoms with Gasteiger partial charge in [0.1, 0.15) is 5.75 Å². The lowest BCUT2D eigenvalue weighted by Gasteiger charge is -2.33. The van der Waals surface area contributed by atoms with Gasteiger partial charge in [0.05, 0.1) is 12.2 Å². The predicted octanol–water partition coefficient (Wildman–Crippen LogP) is 5.61. The van der Waals surface area contributed by atoms with Gasteiger partial charge in [-0.3, -0.25) is 9.59 Å². The highest BCUT2D eigenvalue weighted by Crippen LogP contribution is 2.37. The Hall–Kier alpha value is -2.82. The number of nitrogens with zero attached hydrogens (tertiary/aromatic N) is 1. The first-order valence-corrected chi connectivity index (χ1v) is 11.5. The largest absolute Gasteiger partial charge is 0.479 e. The summed E-state index contributed by atoms with van der Waals surface area (Å²) in [5, 5.41) is 3.02. The van der Waals surface area contributed by atoms with Crippen molar-refractivity contribution in [3.05, 3.63) is 53.6 Å². The molecule has 1 N–H and O–H groups in total. The van der Waals surface area contributed by atoms with Crippen molar-refractivity contribution in [3.8, 4) is 5.75 Å². The van der Waals surface area contributed by atoms with E-state index < -0.39 is 6.10 Å². The lowest BCUT2D eigenvalue weighted by molar-refractivity contribution is -0.125. The van der Waals surface area contributed by atoms with Gasteiger partial charge in [-0.25, -0.2) is 0 Å². The maximum atomic E-state index is 12.9. The van der Waals surface area contributed by atoms with Crippen molar-refractivity contribution in [1.82, 2.24) is 0 Å². The Labute approximate surface area is 184 Å². The second-order valence-electron chi connectivity index (χ2n) is 8.94. The molecule has 1 aliphatic heterocycles. The molecule has 1 fully saturated rings. The molecule has 0 spiro atoms. The van der Waals surface area contributed by atoms with Gasteiger partial charge in [0, 0.05) is 12.1 Å². The third-order valence-corrected chi connectivity index (χ3v) is 6.42. The molecule has 2 aliphatic rings. The highest BCUT2D eigenvalue weighted by atomic mass is 16.5. The number of benzene rings is 2. The molecule has 164 valence electrons. The van der Waals surface area contributed by atoms with E-state index in [-0.39, 0.29) is 11.8 Å². The van der Waals surface area contributed by atoms with Gasteiger partial charge in [-0.05, 0) is 49.9 Å². The number of nitrogens with one attached hydrogen (secondary N) is 1. The SMILES string of the molecule is Cc1ccc(CN2C(=O)C(C)Oc3ccc(NC(=O)CCC4CCCCC4)cc32)cc1. The molecular formula is C26H32N2O3. The molecule has 0 bridgehead atoms. The summed E-state index contributed by atoms with van der Waals surface area (Å²) in [6, 6.07) is 13.7. The maximum Gasteiger partial charge on any atom is 0.268 e. The van der Waals surface area contributed by atoms with Crippen LogP contribution < -0.4 is 15.0 Å². The lowest BCUT2D eigenvalue weighted by atomic mass is 9.86. The van der Waals surface area contributed by atoms with Crippen LogP contribution in [-0.2, 0) is 16.1 Å². The fraction of sp³-hybridized carbons (Fsp3) is 0.462. The van der Waals surface area contributed by atoms with Gasteiger partial charge in [0.25, 0.3) is 5.91 Å². The minimum Gasteiger partial charge on any atom is -0.479 e. The van der Waals surface area contributed by atoms with Crippen molar-refractivity contribution >= 4 is 23.2 Å². The number of ether oxygens (including phenoxy) is 1. The van der Waals surface area contributed by atoms with Gasteiger partial charge >= 0.3 is 0 Å². The number of fused-ring (bicyclic) bond motifs is 1. The van der Waals surface area contributed by atoms with Gasteiger partial charge in [-0.1, -0.05) is 61.9 Å². The van der Waals surface area contributed by atoms with Gasteiger partial charge in [0.2, 0.25) is 5.91 Å². The lowest BCUT2D eigenvalue weighted by Crippen LogP contribution is -2.44. The van der Waals surface area contributed by atoms with Crippen molar-refractivity contribution in [2.24, 2.45) is 5.92 Å². The van der Waals surface area contributed by atoms with Gasteiger partial charge in [-0.2, -0.15) is 0 Å². The van der Waals surface area contributed by atoms with Crippen LogP contribution in [0.1, 0.15) is 63.0 Å². The highest BCUT2D eigenvalue weighted by Gasteiger charge is 2.32. The molecule has 1 aliphatic carbocycles.